The van der Waals surface area contributed by atoms with E-state index in [1.165, 1.54) is 22.8 Å². The Kier molecular flexibility index (Phi) is 4.92. The molecule has 1 aromatic carbocycles. The normalized spacial score (nSPS) is 10.6. The molecule has 2 rings (SSSR count). The van der Waals surface area contributed by atoms with Crippen LogP contribution >= 0.6 is 11.5 Å². The molecule has 0 saturated heterocycles. The topological polar surface area (TPSA) is 41.5 Å². The van der Waals surface area contributed by atoms with Gasteiger partial charge in [0.25, 0.3) is 0 Å². The predicted octanol–water partition coefficient (Wildman–Crippen LogP) is 2.39. The van der Waals surface area contributed by atoms with E-state index in [2.05, 4.69) is 43.4 Å². The van der Waals surface area contributed by atoms with E-state index in [0.717, 1.165) is 17.5 Å². The highest BCUT2D eigenvalue weighted by Crippen LogP contribution is 2.20. The van der Waals surface area contributed by atoms with Crippen molar-refractivity contribution < 1.29 is 4.74 Å². The molecule has 1 aromatic heterocycles. The summed E-state index contributed by atoms with van der Waals surface area (Å²) in [5, 5.41) is 0.910. The Morgan fingerprint density at radius 2 is 2.05 bits per heavy atom. The summed E-state index contributed by atoms with van der Waals surface area (Å²) in [6.45, 7) is 1.27. The molecule has 20 heavy (non-hydrogen) atoms. The summed E-state index contributed by atoms with van der Waals surface area (Å²) < 4.78 is 9.31. The Hall–Kier alpha value is -1.66. The van der Waals surface area contributed by atoms with Crippen LogP contribution in [0.4, 0.5) is 10.8 Å². The van der Waals surface area contributed by atoms with Gasteiger partial charge >= 0.3 is 0 Å². The first-order valence-electron chi connectivity index (χ1n) is 6.39. The van der Waals surface area contributed by atoms with Gasteiger partial charge in [0.15, 0.2) is 5.82 Å². The monoisotopic (exact) mass is 292 g/mol. The van der Waals surface area contributed by atoms with E-state index in [4.69, 9.17) is 4.74 Å². The Labute approximate surface area is 124 Å². The van der Waals surface area contributed by atoms with Gasteiger partial charge in [-0.1, -0.05) is 12.1 Å². The summed E-state index contributed by atoms with van der Waals surface area (Å²) in [6.07, 6.45) is 0. The van der Waals surface area contributed by atoms with E-state index in [0.29, 0.717) is 6.61 Å². The number of hydrogen-bond donors (Lipinski definition) is 0. The van der Waals surface area contributed by atoms with E-state index in [9.17, 15) is 0 Å². The molecule has 0 spiro atoms. The van der Waals surface area contributed by atoms with E-state index >= 15 is 0 Å². The lowest BCUT2D eigenvalue weighted by atomic mass is 10.2. The highest BCUT2D eigenvalue weighted by Gasteiger charge is 2.09. The van der Waals surface area contributed by atoms with Crippen molar-refractivity contribution in [3.05, 3.63) is 35.7 Å². The van der Waals surface area contributed by atoms with Crippen molar-refractivity contribution in [1.29, 1.82) is 0 Å². The zero-order chi connectivity index (χ0) is 14.5. The van der Waals surface area contributed by atoms with Crippen LogP contribution in [0.3, 0.4) is 0 Å². The standard InChI is InChI=1S/C14H20N4OS/c1-17(2)12-7-5-6-11(8-12)9-18(3)14-15-13(10-19-4)16-20-14/h5-8H,9-10H2,1-4H3. The molecule has 0 aliphatic heterocycles. The van der Waals surface area contributed by atoms with Crippen molar-refractivity contribution in [2.45, 2.75) is 13.2 Å². The molecule has 5 nitrogen and oxygen atoms in total. The molecule has 0 fully saturated rings. The van der Waals surface area contributed by atoms with Gasteiger partial charge < -0.3 is 14.5 Å². The summed E-state index contributed by atoms with van der Waals surface area (Å²) in [4.78, 5) is 8.66. The van der Waals surface area contributed by atoms with Gasteiger partial charge in [0.2, 0.25) is 5.13 Å². The summed E-state index contributed by atoms with van der Waals surface area (Å²) >= 11 is 1.40. The van der Waals surface area contributed by atoms with Crippen LogP contribution in [0, 0.1) is 0 Å². The molecular formula is C14H20N4OS. The third kappa shape index (κ3) is 3.68. The van der Waals surface area contributed by atoms with Gasteiger partial charge in [-0.25, -0.2) is 4.98 Å². The quantitative estimate of drug-likeness (QED) is 0.817. The first-order chi connectivity index (χ1) is 9.60. The molecule has 0 bridgehead atoms. The maximum absolute atomic E-state index is 5.04. The average Bonchev–Trinajstić information content (AvgIpc) is 2.88. The summed E-state index contributed by atoms with van der Waals surface area (Å²) in [5.41, 5.74) is 2.45. The first kappa shape index (κ1) is 14.7. The van der Waals surface area contributed by atoms with E-state index in [1.54, 1.807) is 7.11 Å². The van der Waals surface area contributed by atoms with Crippen molar-refractivity contribution >= 4 is 22.4 Å². The van der Waals surface area contributed by atoms with Crippen LogP contribution in [0.25, 0.3) is 0 Å². The molecule has 108 valence electrons. The molecule has 0 saturated carbocycles. The van der Waals surface area contributed by atoms with Gasteiger partial charge in [-0.2, -0.15) is 4.37 Å². The Balaban J connectivity index is 2.06. The molecule has 0 unspecified atom stereocenters. The van der Waals surface area contributed by atoms with Gasteiger partial charge in [0.05, 0.1) is 0 Å². The zero-order valence-electron chi connectivity index (χ0n) is 12.3. The van der Waals surface area contributed by atoms with Crippen molar-refractivity contribution in [1.82, 2.24) is 9.36 Å². The molecule has 0 aliphatic carbocycles. The van der Waals surface area contributed by atoms with Crippen LogP contribution in [-0.2, 0) is 17.9 Å². The lowest BCUT2D eigenvalue weighted by Crippen LogP contribution is -2.17. The highest BCUT2D eigenvalue weighted by atomic mass is 32.1. The Morgan fingerprint density at radius 3 is 2.75 bits per heavy atom. The van der Waals surface area contributed by atoms with Crippen molar-refractivity contribution in [2.24, 2.45) is 0 Å². The predicted molar refractivity (Wildman–Crippen MR) is 83.5 cm³/mol. The third-order valence-corrected chi connectivity index (χ3v) is 3.77. The number of ether oxygens (including phenoxy) is 1. The summed E-state index contributed by atoms with van der Waals surface area (Å²) in [7, 11) is 7.77. The number of methoxy groups -OCH3 is 1. The lowest BCUT2D eigenvalue weighted by Gasteiger charge is -2.18. The van der Waals surface area contributed by atoms with Crippen LogP contribution in [0.5, 0.6) is 0 Å². The fraction of sp³-hybridized carbons (Fsp3) is 0.429. The second-order valence-electron chi connectivity index (χ2n) is 4.85. The number of benzene rings is 1. The largest absolute Gasteiger partial charge is 0.378 e. The summed E-state index contributed by atoms with van der Waals surface area (Å²) in [6, 6.07) is 8.49. The molecule has 0 radical (unpaired) electrons. The molecular weight excluding hydrogens is 272 g/mol. The van der Waals surface area contributed by atoms with Crippen LogP contribution in [-0.4, -0.2) is 37.6 Å². The van der Waals surface area contributed by atoms with Crippen LogP contribution in [0.2, 0.25) is 0 Å². The number of hydrogen-bond acceptors (Lipinski definition) is 6. The Bertz CT molecular complexity index is 556. The maximum Gasteiger partial charge on any atom is 0.205 e. The smallest absolute Gasteiger partial charge is 0.205 e. The van der Waals surface area contributed by atoms with E-state index < -0.39 is 0 Å². The van der Waals surface area contributed by atoms with Crippen molar-refractivity contribution in [2.75, 3.05) is 38.1 Å². The van der Waals surface area contributed by atoms with Gasteiger partial charge in [0, 0.05) is 52.0 Å². The van der Waals surface area contributed by atoms with Crippen molar-refractivity contribution in [3.8, 4) is 0 Å². The van der Waals surface area contributed by atoms with E-state index in [-0.39, 0.29) is 0 Å². The van der Waals surface area contributed by atoms with Crippen molar-refractivity contribution in [3.63, 3.8) is 0 Å². The first-order valence-corrected chi connectivity index (χ1v) is 7.16. The second-order valence-corrected chi connectivity index (χ2v) is 5.58. The van der Waals surface area contributed by atoms with Crippen LogP contribution in [0.15, 0.2) is 24.3 Å². The minimum absolute atomic E-state index is 0.459. The number of rotatable bonds is 6. The highest BCUT2D eigenvalue weighted by molar-refractivity contribution is 7.09. The fourth-order valence-electron chi connectivity index (χ4n) is 1.86. The third-order valence-electron chi connectivity index (χ3n) is 2.90. The molecule has 0 N–H and O–H groups in total. The molecule has 0 amide bonds. The molecule has 0 aliphatic rings. The van der Waals surface area contributed by atoms with Gasteiger partial charge in [-0.05, 0) is 17.7 Å². The molecule has 6 heteroatoms. The lowest BCUT2D eigenvalue weighted by molar-refractivity contribution is 0.179. The summed E-state index contributed by atoms with van der Waals surface area (Å²) in [5.74, 6) is 0.737. The molecule has 2 aromatic rings. The fourth-order valence-corrected chi connectivity index (χ4v) is 2.49. The zero-order valence-corrected chi connectivity index (χ0v) is 13.1. The SMILES string of the molecule is COCc1nsc(N(C)Cc2cccc(N(C)C)c2)n1. The minimum Gasteiger partial charge on any atom is -0.378 e. The number of aromatic nitrogens is 2. The second kappa shape index (κ2) is 6.67. The van der Waals surface area contributed by atoms with Gasteiger partial charge in [-0.15, -0.1) is 0 Å². The maximum atomic E-state index is 5.04. The van der Waals surface area contributed by atoms with Gasteiger partial charge in [0.1, 0.15) is 6.61 Å². The molecule has 0 atom stereocenters. The number of nitrogens with zero attached hydrogens (tertiary/aromatic N) is 4. The van der Waals surface area contributed by atoms with Gasteiger partial charge in [-0.3, -0.25) is 0 Å². The Morgan fingerprint density at radius 1 is 1.25 bits per heavy atom. The van der Waals surface area contributed by atoms with Crippen LogP contribution < -0.4 is 9.80 Å². The minimum atomic E-state index is 0.459. The van der Waals surface area contributed by atoms with Crippen LogP contribution in [0.1, 0.15) is 11.4 Å². The van der Waals surface area contributed by atoms with E-state index in [1.807, 2.05) is 21.1 Å². The molecule has 1 heterocycles. The number of anilines is 2. The average molecular weight is 292 g/mol.